The van der Waals surface area contributed by atoms with Crippen LogP contribution in [-0.4, -0.2) is 54.9 Å². The number of carbonyl (C=O) groups is 3. The van der Waals surface area contributed by atoms with Gasteiger partial charge in [-0.2, -0.15) is 0 Å². The van der Waals surface area contributed by atoms with E-state index in [0.717, 1.165) is 25.8 Å². The number of hydrogen-bond acceptors (Lipinski definition) is 5. The molecule has 0 spiro atoms. The zero-order chi connectivity index (χ0) is 27.8. The minimum Gasteiger partial charge on any atom is -0.480 e. The van der Waals surface area contributed by atoms with Crippen molar-refractivity contribution in [3.8, 4) is 0 Å². The summed E-state index contributed by atoms with van der Waals surface area (Å²) < 4.78 is 7.61. The smallest absolute Gasteiger partial charge is 0.326 e. The molecule has 2 N–H and O–H groups in total. The Hall–Kier alpha value is -1.80. The number of amides is 1. The van der Waals surface area contributed by atoms with Crippen LogP contribution in [0.2, 0.25) is 0 Å². The molecule has 2 saturated carbocycles. The van der Waals surface area contributed by atoms with Crippen molar-refractivity contribution in [3.05, 3.63) is 18.2 Å². The number of alkyl halides is 2. The van der Waals surface area contributed by atoms with Crippen molar-refractivity contribution >= 4 is 41.0 Å². The molecule has 0 aromatic carbocycles. The summed E-state index contributed by atoms with van der Waals surface area (Å²) in [6, 6.07) is -1.13. The predicted molar refractivity (Wildman–Crippen MR) is 143 cm³/mol. The largest absolute Gasteiger partial charge is 0.480 e. The number of hydrogen-bond donors (Lipinski definition) is 2. The number of carboxylic acids is 1. The number of nitrogens with one attached hydrogen (secondary N) is 1. The van der Waals surface area contributed by atoms with E-state index in [9.17, 15) is 19.5 Å². The van der Waals surface area contributed by atoms with Crippen molar-refractivity contribution in [2.45, 2.75) is 109 Å². The highest BCUT2D eigenvalue weighted by Crippen LogP contribution is 2.57. The van der Waals surface area contributed by atoms with E-state index >= 15 is 0 Å². The number of halogens is 2. The number of carboxylic acid groups (broad SMARTS) is 1. The second-order valence-corrected chi connectivity index (χ2v) is 13.6. The lowest BCUT2D eigenvalue weighted by molar-refractivity contribution is -0.173. The molecule has 1 aromatic heterocycles. The van der Waals surface area contributed by atoms with E-state index in [4.69, 9.17) is 27.9 Å². The number of aromatic nitrogens is 2. The third-order valence-electron chi connectivity index (χ3n) is 8.38. The third-order valence-corrected chi connectivity index (χ3v) is 9.51. The Bertz CT molecular complexity index is 1000. The molecular formula is C27H41Cl2N3O5. The van der Waals surface area contributed by atoms with Crippen LogP contribution in [0.4, 0.5) is 0 Å². The van der Waals surface area contributed by atoms with Gasteiger partial charge in [-0.15, -0.1) is 23.2 Å². The van der Waals surface area contributed by atoms with Gasteiger partial charge < -0.3 is 19.7 Å². The normalized spacial score (nSPS) is 30.5. The molecule has 1 amide bonds. The monoisotopic (exact) mass is 557 g/mol. The van der Waals surface area contributed by atoms with E-state index in [1.807, 2.05) is 52.3 Å². The molecule has 1 heterocycles. The number of aliphatic carboxylic acids is 1. The maximum atomic E-state index is 13.3. The molecule has 2 aliphatic carbocycles. The fraction of sp³-hybridized carbons (Fsp3) is 0.778. The molecule has 3 unspecified atom stereocenters. The van der Waals surface area contributed by atoms with Crippen LogP contribution in [0.3, 0.4) is 0 Å². The molecular weight excluding hydrogens is 517 g/mol. The van der Waals surface area contributed by atoms with Crippen LogP contribution < -0.4 is 5.32 Å². The molecule has 37 heavy (non-hydrogen) atoms. The van der Waals surface area contributed by atoms with Crippen LogP contribution in [-0.2, 0) is 32.1 Å². The lowest BCUT2D eigenvalue weighted by Gasteiger charge is -2.40. The number of ether oxygens (including phenoxy) is 1. The van der Waals surface area contributed by atoms with Crippen molar-refractivity contribution in [1.29, 1.82) is 0 Å². The van der Waals surface area contributed by atoms with Gasteiger partial charge in [0.05, 0.1) is 22.8 Å². The van der Waals surface area contributed by atoms with Crippen LogP contribution in [0.15, 0.2) is 12.5 Å². The van der Waals surface area contributed by atoms with Gasteiger partial charge in [-0.1, -0.05) is 13.8 Å². The Kier molecular flexibility index (Phi) is 8.95. The van der Waals surface area contributed by atoms with Crippen LogP contribution in [0.5, 0.6) is 0 Å². The van der Waals surface area contributed by atoms with Crippen LogP contribution in [0.1, 0.15) is 79.3 Å². The van der Waals surface area contributed by atoms with Gasteiger partial charge in [-0.05, 0) is 71.1 Å². The number of nitrogens with zero attached hydrogens (tertiary/aromatic N) is 2. The van der Waals surface area contributed by atoms with Crippen molar-refractivity contribution in [2.75, 3.05) is 0 Å². The molecule has 0 saturated heterocycles. The van der Waals surface area contributed by atoms with Crippen molar-refractivity contribution < 1.29 is 24.2 Å². The first kappa shape index (κ1) is 29.8. The first-order valence-electron chi connectivity index (χ1n) is 13.1. The molecule has 8 nitrogen and oxygen atoms in total. The molecule has 208 valence electrons. The Morgan fingerprint density at radius 2 is 1.86 bits per heavy atom. The van der Waals surface area contributed by atoms with E-state index in [-0.39, 0.29) is 29.1 Å². The number of imidazole rings is 1. The minimum absolute atomic E-state index is 0.00282. The van der Waals surface area contributed by atoms with Gasteiger partial charge in [0.1, 0.15) is 11.6 Å². The van der Waals surface area contributed by atoms with E-state index < -0.39 is 34.4 Å². The van der Waals surface area contributed by atoms with Crippen molar-refractivity contribution in [3.63, 3.8) is 0 Å². The minimum atomic E-state index is -1.13. The quantitative estimate of drug-likeness (QED) is 0.351. The zero-order valence-corrected chi connectivity index (χ0v) is 24.2. The van der Waals surface area contributed by atoms with Gasteiger partial charge in [0.2, 0.25) is 5.91 Å². The van der Waals surface area contributed by atoms with Gasteiger partial charge >= 0.3 is 11.9 Å². The molecule has 10 heteroatoms. The average molecular weight is 559 g/mol. The van der Waals surface area contributed by atoms with Crippen LogP contribution in [0, 0.1) is 22.7 Å². The summed E-state index contributed by atoms with van der Waals surface area (Å²) in [7, 11) is 0. The van der Waals surface area contributed by atoms with Gasteiger partial charge in [0.15, 0.2) is 0 Å². The summed E-state index contributed by atoms with van der Waals surface area (Å²) in [5.41, 5.74) is -1.62. The number of rotatable bonds is 8. The number of esters is 1. The van der Waals surface area contributed by atoms with E-state index in [2.05, 4.69) is 10.3 Å². The van der Waals surface area contributed by atoms with E-state index in [1.165, 1.54) is 0 Å². The second kappa shape index (κ2) is 11.1. The summed E-state index contributed by atoms with van der Waals surface area (Å²) in [4.78, 5) is 42.8. The van der Waals surface area contributed by atoms with Crippen molar-refractivity contribution in [2.24, 2.45) is 22.7 Å². The molecule has 1 aromatic rings. The van der Waals surface area contributed by atoms with Crippen LogP contribution in [0.25, 0.3) is 0 Å². The summed E-state index contributed by atoms with van der Waals surface area (Å²) in [5, 5.41) is 12.5. The summed E-state index contributed by atoms with van der Waals surface area (Å²) in [6.07, 6.45) is 7.24. The predicted octanol–water partition coefficient (Wildman–Crippen LogP) is 4.79. The SMILES string of the molecule is CC(C)(C)OC(=O)[C@]1(C)CC[C@H](C(=O)N[C@@H](Cc2cn(CC3CCC(Cl)C(Cl)C3)cn2)C(=O)O)C1(C)C. The topological polar surface area (TPSA) is 111 Å². The standard InChI is InChI=1S/C27H41Cl2N3O5/c1-25(2,3)37-24(36)27(6)10-9-18(26(27,4)5)22(33)31-21(23(34)35)12-17-14-32(15-30-17)13-16-7-8-19(28)20(29)11-16/h14-16,18-21H,7-13H2,1-6H3,(H,31,33)(H,34,35)/t16?,18-,19?,20?,21+,27+/m1/s1. The Morgan fingerprint density at radius 3 is 2.46 bits per heavy atom. The summed E-state index contributed by atoms with van der Waals surface area (Å²) >= 11 is 12.6. The first-order valence-corrected chi connectivity index (χ1v) is 14.0. The highest BCUT2D eigenvalue weighted by atomic mass is 35.5. The lowest BCUT2D eigenvalue weighted by Crippen LogP contribution is -2.50. The average Bonchev–Trinajstić information content (AvgIpc) is 3.30. The van der Waals surface area contributed by atoms with Gasteiger partial charge in [0, 0.05) is 30.5 Å². The molecule has 0 bridgehead atoms. The first-order chi connectivity index (χ1) is 17.0. The Balaban J connectivity index is 1.64. The zero-order valence-electron chi connectivity index (χ0n) is 22.7. The van der Waals surface area contributed by atoms with Gasteiger partial charge in [-0.3, -0.25) is 9.59 Å². The highest BCUT2D eigenvalue weighted by molar-refractivity contribution is 6.30. The number of carbonyl (C=O) groups excluding carboxylic acids is 2. The van der Waals surface area contributed by atoms with E-state index in [0.29, 0.717) is 24.5 Å². The summed E-state index contributed by atoms with van der Waals surface area (Å²) in [5.74, 6) is -1.96. The molecule has 2 aliphatic rings. The van der Waals surface area contributed by atoms with Gasteiger partial charge in [-0.25, -0.2) is 9.78 Å². The van der Waals surface area contributed by atoms with Crippen LogP contribution >= 0.6 is 23.2 Å². The maximum absolute atomic E-state index is 13.3. The fourth-order valence-corrected chi connectivity index (χ4v) is 6.24. The van der Waals surface area contributed by atoms with E-state index in [1.54, 1.807) is 6.33 Å². The molecule has 2 fully saturated rings. The molecule has 0 aliphatic heterocycles. The maximum Gasteiger partial charge on any atom is 0.326 e. The molecule has 0 radical (unpaired) electrons. The Labute approximate surface area is 229 Å². The molecule has 3 rings (SSSR count). The third kappa shape index (κ3) is 6.80. The Morgan fingerprint density at radius 1 is 1.19 bits per heavy atom. The molecule has 6 atom stereocenters. The highest BCUT2D eigenvalue weighted by Gasteiger charge is 2.59. The fourth-order valence-electron chi connectivity index (χ4n) is 5.63. The lowest BCUT2D eigenvalue weighted by atomic mass is 9.65. The second-order valence-electron chi connectivity index (χ2n) is 12.5. The van der Waals surface area contributed by atoms with Gasteiger partial charge in [0.25, 0.3) is 0 Å². The summed E-state index contributed by atoms with van der Waals surface area (Å²) in [6.45, 7) is 11.8. The van der Waals surface area contributed by atoms with Crippen molar-refractivity contribution in [1.82, 2.24) is 14.9 Å².